The Hall–Kier alpha value is -5.13. The fraction of sp³-hybridized carbons (Fsp3) is 0.256. The Labute approximate surface area is 302 Å². The van der Waals surface area contributed by atoms with E-state index in [1.165, 1.54) is 10.2 Å². The van der Waals surface area contributed by atoms with Crippen LogP contribution in [0.4, 0.5) is 0 Å². The number of nitrogens with one attached hydrogen (secondary N) is 4. The Morgan fingerprint density at radius 1 is 0.843 bits per heavy atom. The Morgan fingerprint density at radius 3 is 2.35 bits per heavy atom. The lowest BCUT2D eigenvalue weighted by molar-refractivity contribution is -0.130. The molecule has 0 unspecified atom stereocenters. The smallest absolute Gasteiger partial charge is 0.267 e. The van der Waals surface area contributed by atoms with Crippen LogP contribution in [0.25, 0.3) is 10.9 Å². The summed E-state index contributed by atoms with van der Waals surface area (Å²) in [6.07, 6.45) is 7.27. The van der Waals surface area contributed by atoms with Gasteiger partial charge in [-0.3, -0.25) is 14.4 Å². The van der Waals surface area contributed by atoms with Gasteiger partial charge in [0.25, 0.3) is 10.0 Å². The maximum atomic E-state index is 14.4. The fourth-order valence-corrected chi connectivity index (χ4v) is 7.98. The van der Waals surface area contributed by atoms with Gasteiger partial charge in [-0.05, 0) is 72.9 Å². The second kappa shape index (κ2) is 15.4. The number of aromatic amines is 1. The lowest BCUT2D eigenvalue weighted by Gasteiger charge is -2.28. The van der Waals surface area contributed by atoms with Crippen LogP contribution in [0.2, 0.25) is 5.02 Å². The molecule has 1 aliphatic rings. The third-order valence-corrected chi connectivity index (χ3v) is 11.1. The highest BCUT2D eigenvalue weighted by Gasteiger charge is 2.32. The Balaban J connectivity index is 1.36. The molecule has 0 bridgehead atoms. The molecule has 6 rings (SSSR count). The van der Waals surface area contributed by atoms with Crippen LogP contribution in [-0.4, -0.2) is 47.2 Å². The summed E-state index contributed by atoms with van der Waals surface area (Å²) in [4.78, 5) is 44.6. The van der Waals surface area contributed by atoms with Gasteiger partial charge in [0.15, 0.2) is 0 Å². The van der Waals surface area contributed by atoms with E-state index in [9.17, 15) is 22.8 Å². The van der Waals surface area contributed by atoms with E-state index in [0.29, 0.717) is 17.1 Å². The number of aryl methyl sites for hydroxylation is 1. The van der Waals surface area contributed by atoms with Crippen molar-refractivity contribution in [2.24, 2.45) is 5.92 Å². The monoisotopic (exact) mass is 725 g/mol. The summed E-state index contributed by atoms with van der Waals surface area (Å²) >= 11 is 6.08. The number of para-hydroxylation sites is 1. The summed E-state index contributed by atoms with van der Waals surface area (Å²) in [7, 11) is -4.03. The molecule has 3 heterocycles. The average molecular weight is 726 g/mol. The van der Waals surface area contributed by atoms with Crippen LogP contribution < -0.4 is 16.0 Å². The first-order chi connectivity index (χ1) is 24.5. The summed E-state index contributed by atoms with van der Waals surface area (Å²) in [5.74, 6) is -1.63. The molecule has 2 aromatic heterocycles. The summed E-state index contributed by atoms with van der Waals surface area (Å²) in [6, 6.07) is 22.3. The highest BCUT2D eigenvalue weighted by molar-refractivity contribution is 7.90. The first kappa shape index (κ1) is 35.7. The van der Waals surface area contributed by atoms with E-state index in [-0.39, 0.29) is 30.1 Å². The van der Waals surface area contributed by atoms with Crippen LogP contribution in [0.15, 0.2) is 114 Å². The number of hydrogen-bond acceptors (Lipinski definition) is 5. The van der Waals surface area contributed by atoms with Crippen molar-refractivity contribution in [3.8, 4) is 0 Å². The number of halogens is 1. The molecule has 51 heavy (non-hydrogen) atoms. The number of carbonyl (C=O) groups is 3. The van der Waals surface area contributed by atoms with Crippen molar-refractivity contribution >= 4 is 50.2 Å². The SMILES string of the molecule is Cc1ccc(S(=O)(=O)n2cccc2[C@@H]2NC(=O)[C@H](Cc3c[nH]c4ccccc34)NC(=O)C[C@@H](Cc3ccc(Cl)cc3)NC(=O)C/C=C/[C@@H]2C)cc1. The average Bonchev–Trinajstić information content (AvgIpc) is 3.76. The molecule has 0 aliphatic carbocycles. The molecule has 264 valence electrons. The van der Waals surface area contributed by atoms with Gasteiger partial charge < -0.3 is 20.9 Å². The number of benzene rings is 3. The maximum Gasteiger partial charge on any atom is 0.267 e. The predicted octanol–water partition coefficient (Wildman–Crippen LogP) is 5.77. The molecule has 0 radical (unpaired) electrons. The van der Waals surface area contributed by atoms with Crippen LogP contribution in [0.5, 0.6) is 0 Å². The van der Waals surface area contributed by atoms with E-state index < -0.39 is 45.9 Å². The fourth-order valence-electron chi connectivity index (χ4n) is 6.46. The molecular formula is C39H40ClN5O5S. The van der Waals surface area contributed by atoms with Gasteiger partial charge in [-0.15, -0.1) is 0 Å². The number of aromatic nitrogens is 2. The lowest BCUT2D eigenvalue weighted by Crippen LogP contribution is -2.51. The zero-order valence-corrected chi connectivity index (χ0v) is 29.9. The molecule has 3 aromatic carbocycles. The minimum atomic E-state index is -4.03. The number of H-pyrrole nitrogens is 1. The number of rotatable bonds is 7. The number of carbonyl (C=O) groups excluding carboxylic acids is 3. The number of fused-ring (bicyclic) bond motifs is 1. The van der Waals surface area contributed by atoms with Crippen LogP contribution >= 0.6 is 11.6 Å². The van der Waals surface area contributed by atoms with Crippen LogP contribution in [0.1, 0.15) is 48.2 Å². The first-order valence-corrected chi connectivity index (χ1v) is 18.6. The lowest BCUT2D eigenvalue weighted by atomic mass is 9.96. The molecule has 1 aliphatic heterocycles. The topological polar surface area (TPSA) is 142 Å². The minimum absolute atomic E-state index is 0.0234. The van der Waals surface area contributed by atoms with Crippen molar-refractivity contribution in [1.29, 1.82) is 0 Å². The van der Waals surface area contributed by atoms with Crippen molar-refractivity contribution < 1.29 is 22.8 Å². The zero-order chi connectivity index (χ0) is 36.1. The molecule has 0 saturated heterocycles. The quantitative estimate of drug-likeness (QED) is 0.158. The summed E-state index contributed by atoms with van der Waals surface area (Å²) in [5.41, 5.74) is 3.86. The Kier molecular flexibility index (Phi) is 10.8. The zero-order valence-electron chi connectivity index (χ0n) is 28.3. The van der Waals surface area contributed by atoms with E-state index in [1.54, 1.807) is 60.7 Å². The Bertz CT molecular complexity index is 2170. The molecule has 10 nitrogen and oxygen atoms in total. The van der Waals surface area contributed by atoms with E-state index in [4.69, 9.17) is 11.6 Å². The van der Waals surface area contributed by atoms with Gasteiger partial charge in [-0.1, -0.05) is 78.7 Å². The van der Waals surface area contributed by atoms with E-state index >= 15 is 0 Å². The van der Waals surface area contributed by atoms with Gasteiger partial charge in [0.1, 0.15) is 6.04 Å². The summed E-state index contributed by atoms with van der Waals surface area (Å²) in [6.45, 7) is 3.72. The van der Waals surface area contributed by atoms with Gasteiger partial charge in [-0.25, -0.2) is 12.4 Å². The van der Waals surface area contributed by atoms with Gasteiger partial charge in [0, 0.05) is 53.6 Å². The maximum absolute atomic E-state index is 14.4. The summed E-state index contributed by atoms with van der Waals surface area (Å²) < 4.78 is 29.0. The van der Waals surface area contributed by atoms with Gasteiger partial charge >= 0.3 is 0 Å². The van der Waals surface area contributed by atoms with Gasteiger partial charge in [0.2, 0.25) is 17.7 Å². The van der Waals surface area contributed by atoms with Gasteiger partial charge in [-0.2, -0.15) is 0 Å². The van der Waals surface area contributed by atoms with E-state index in [1.807, 2.05) is 56.4 Å². The Morgan fingerprint density at radius 2 is 1.59 bits per heavy atom. The largest absolute Gasteiger partial charge is 0.361 e. The second-order valence-corrected chi connectivity index (χ2v) is 15.3. The van der Waals surface area contributed by atoms with Crippen LogP contribution in [-0.2, 0) is 37.2 Å². The highest BCUT2D eigenvalue weighted by atomic mass is 35.5. The van der Waals surface area contributed by atoms with Gasteiger partial charge in [0.05, 0.1) is 16.6 Å². The molecule has 4 N–H and O–H groups in total. The van der Waals surface area contributed by atoms with Crippen molar-refractivity contribution in [3.05, 3.63) is 137 Å². The standard InChI is InChI=1S/C39H40ClN5O5S/c1-25-12-18-31(19-13-25)51(49,50)45-20-6-10-35(45)38-26(2)7-5-11-36(46)42-30(21-27-14-16-29(40)17-15-27)23-37(47)43-34(39(48)44-38)22-28-24-41-33-9-4-3-8-32(28)33/h3-10,12-20,24,26,30,34,38,41H,11,21-23H2,1-2H3,(H,42,46)(H,43,47)(H,44,48)/b7-5+/t26-,30+,34-,38+/m0/s1. The minimum Gasteiger partial charge on any atom is -0.361 e. The second-order valence-electron chi connectivity index (χ2n) is 13.0. The predicted molar refractivity (Wildman–Crippen MR) is 198 cm³/mol. The molecule has 0 spiro atoms. The summed E-state index contributed by atoms with van der Waals surface area (Å²) in [5, 5.41) is 10.5. The number of amides is 3. The molecule has 4 atom stereocenters. The van der Waals surface area contributed by atoms with E-state index in [2.05, 4.69) is 20.9 Å². The molecule has 12 heteroatoms. The van der Waals surface area contributed by atoms with Crippen LogP contribution in [0, 0.1) is 12.8 Å². The third kappa shape index (κ3) is 8.44. The normalized spacial score (nSPS) is 21.4. The molecular weight excluding hydrogens is 686 g/mol. The van der Waals surface area contributed by atoms with Crippen molar-refractivity contribution in [2.45, 2.75) is 62.6 Å². The van der Waals surface area contributed by atoms with E-state index in [0.717, 1.165) is 27.6 Å². The molecule has 0 fully saturated rings. The number of nitrogens with zero attached hydrogens (tertiary/aromatic N) is 1. The van der Waals surface area contributed by atoms with Crippen molar-refractivity contribution in [2.75, 3.05) is 0 Å². The van der Waals surface area contributed by atoms with Crippen LogP contribution in [0.3, 0.4) is 0 Å². The highest BCUT2D eigenvalue weighted by Crippen LogP contribution is 2.28. The first-order valence-electron chi connectivity index (χ1n) is 16.8. The van der Waals surface area contributed by atoms with Crippen molar-refractivity contribution in [1.82, 2.24) is 24.9 Å². The molecule has 0 saturated carbocycles. The third-order valence-electron chi connectivity index (χ3n) is 9.15. The molecule has 3 amide bonds. The molecule has 5 aromatic rings. The van der Waals surface area contributed by atoms with Crippen molar-refractivity contribution in [3.63, 3.8) is 0 Å². The number of hydrogen-bond donors (Lipinski definition) is 4.